The molecule has 146 valence electrons. The minimum absolute atomic E-state index is 0.187. The molecule has 0 saturated heterocycles. The molecule has 0 aromatic carbocycles. The number of rotatable bonds is 8. The van der Waals surface area contributed by atoms with Crippen LogP contribution in [0.25, 0.3) is 10.2 Å². The fourth-order valence-electron chi connectivity index (χ4n) is 2.69. The van der Waals surface area contributed by atoms with Crippen LogP contribution in [0.4, 0.5) is 5.69 Å². The standard InChI is InChI=1S/C20H28N4O2S/c1-12(2)10-15(8-6-7-9-26-5)11-22-19(25)18-17(21)16-13(3)14(4)23-24-20(16)27-18/h6,8,10,12H,7,9,11,21H2,1-5H3,(H,22,25)/b8-6-,15-10+. The first-order chi connectivity index (χ1) is 12.8. The van der Waals surface area contributed by atoms with Gasteiger partial charge in [0, 0.05) is 25.6 Å². The molecule has 0 saturated carbocycles. The highest BCUT2D eigenvalue weighted by atomic mass is 32.1. The Morgan fingerprint density at radius 3 is 2.74 bits per heavy atom. The lowest BCUT2D eigenvalue weighted by atomic mass is 10.1. The average Bonchev–Trinajstić information content (AvgIpc) is 2.96. The number of allylic oxidation sites excluding steroid dienone is 1. The number of methoxy groups -OCH3 is 1. The predicted molar refractivity (Wildman–Crippen MR) is 112 cm³/mol. The summed E-state index contributed by atoms with van der Waals surface area (Å²) < 4.78 is 5.06. The van der Waals surface area contributed by atoms with E-state index in [9.17, 15) is 4.79 Å². The van der Waals surface area contributed by atoms with Crippen molar-refractivity contribution in [2.24, 2.45) is 5.92 Å². The zero-order valence-corrected chi connectivity index (χ0v) is 17.4. The van der Waals surface area contributed by atoms with Gasteiger partial charge in [0.1, 0.15) is 9.71 Å². The van der Waals surface area contributed by atoms with Gasteiger partial charge in [-0.3, -0.25) is 4.79 Å². The monoisotopic (exact) mass is 388 g/mol. The number of anilines is 1. The van der Waals surface area contributed by atoms with Crippen molar-refractivity contribution in [2.45, 2.75) is 34.1 Å². The van der Waals surface area contributed by atoms with E-state index < -0.39 is 0 Å². The van der Waals surface area contributed by atoms with Crippen LogP contribution in [0.1, 0.15) is 41.2 Å². The molecule has 0 fully saturated rings. The Bertz CT molecular complexity index is 868. The second-order valence-corrected chi connectivity index (χ2v) is 7.79. The van der Waals surface area contributed by atoms with Gasteiger partial charge in [0.2, 0.25) is 0 Å². The van der Waals surface area contributed by atoms with E-state index in [1.807, 2.05) is 19.9 Å². The summed E-state index contributed by atoms with van der Waals surface area (Å²) in [5, 5.41) is 12.1. The number of aryl methyl sites for hydroxylation is 2. The van der Waals surface area contributed by atoms with E-state index in [1.165, 1.54) is 11.3 Å². The number of carbonyl (C=O) groups excluding carboxylic acids is 1. The maximum atomic E-state index is 12.7. The predicted octanol–water partition coefficient (Wildman–Crippen LogP) is 3.80. The zero-order valence-electron chi connectivity index (χ0n) is 16.6. The van der Waals surface area contributed by atoms with Crippen LogP contribution in [0.2, 0.25) is 0 Å². The molecule has 2 aromatic rings. The maximum Gasteiger partial charge on any atom is 0.263 e. The van der Waals surface area contributed by atoms with E-state index in [0.717, 1.165) is 28.6 Å². The highest BCUT2D eigenvalue weighted by molar-refractivity contribution is 7.21. The molecule has 6 nitrogen and oxygen atoms in total. The smallest absolute Gasteiger partial charge is 0.263 e. The van der Waals surface area contributed by atoms with Crippen LogP contribution >= 0.6 is 11.3 Å². The third-order valence-electron chi connectivity index (χ3n) is 4.16. The number of thiophene rings is 1. The molecule has 0 aliphatic heterocycles. The maximum absolute atomic E-state index is 12.7. The van der Waals surface area contributed by atoms with Crippen molar-refractivity contribution in [3.8, 4) is 0 Å². The van der Waals surface area contributed by atoms with Gasteiger partial charge >= 0.3 is 0 Å². The Labute approximate surface area is 164 Å². The van der Waals surface area contributed by atoms with Crippen molar-refractivity contribution >= 4 is 33.1 Å². The first kappa shape index (κ1) is 21.1. The number of aromatic nitrogens is 2. The number of nitrogens with one attached hydrogen (secondary N) is 1. The Balaban J connectivity index is 2.16. The molecule has 0 spiro atoms. The van der Waals surface area contributed by atoms with Gasteiger partial charge in [-0.1, -0.05) is 32.1 Å². The minimum Gasteiger partial charge on any atom is -0.397 e. The molecule has 0 atom stereocenters. The van der Waals surface area contributed by atoms with Crippen LogP contribution in [0.5, 0.6) is 0 Å². The van der Waals surface area contributed by atoms with E-state index in [0.29, 0.717) is 34.5 Å². The van der Waals surface area contributed by atoms with Crippen molar-refractivity contribution in [3.63, 3.8) is 0 Å². The van der Waals surface area contributed by atoms with E-state index in [1.54, 1.807) is 7.11 Å². The SMILES string of the molecule is COCC/C=C\C(=C/C(C)C)CNC(=O)c1sc2nnc(C)c(C)c2c1N. The highest BCUT2D eigenvalue weighted by Crippen LogP contribution is 2.34. The molecule has 2 aromatic heterocycles. The molecule has 0 radical (unpaired) electrons. The number of carbonyl (C=O) groups is 1. The Morgan fingerprint density at radius 2 is 2.07 bits per heavy atom. The second-order valence-electron chi connectivity index (χ2n) is 6.79. The number of fused-ring (bicyclic) bond motifs is 1. The third-order valence-corrected chi connectivity index (χ3v) is 5.25. The number of nitrogens with two attached hydrogens (primary N) is 1. The van der Waals surface area contributed by atoms with E-state index >= 15 is 0 Å². The molecule has 3 N–H and O–H groups in total. The molecule has 7 heteroatoms. The first-order valence-corrected chi connectivity index (χ1v) is 9.83. The molecule has 2 heterocycles. The summed E-state index contributed by atoms with van der Waals surface area (Å²) >= 11 is 1.28. The van der Waals surface area contributed by atoms with E-state index in [4.69, 9.17) is 10.5 Å². The fourth-order valence-corrected chi connectivity index (χ4v) is 3.71. The molecule has 2 rings (SSSR count). The molecule has 0 bridgehead atoms. The van der Waals surface area contributed by atoms with Gasteiger partial charge < -0.3 is 15.8 Å². The van der Waals surface area contributed by atoms with Gasteiger partial charge in [0.15, 0.2) is 0 Å². The van der Waals surface area contributed by atoms with Crippen molar-refractivity contribution in [1.29, 1.82) is 0 Å². The first-order valence-electron chi connectivity index (χ1n) is 9.01. The lowest BCUT2D eigenvalue weighted by molar-refractivity contribution is 0.0962. The zero-order chi connectivity index (χ0) is 20.0. The van der Waals surface area contributed by atoms with Crippen LogP contribution < -0.4 is 11.1 Å². The number of hydrogen-bond acceptors (Lipinski definition) is 6. The fraction of sp³-hybridized carbons (Fsp3) is 0.450. The normalized spacial score (nSPS) is 12.4. The number of amides is 1. The van der Waals surface area contributed by atoms with Crippen LogP contribution in [0.3, 0.4) is 0 Å². The number of hydrogen-bond donors (Lipinski definition) is 2. The summed E-state index contributed by atoms with van der Waals surface area (Å²) in [6.45, 7) is 9.17. The summed E-state index contributed by atoms with van der Waals surface area (Å²) in [4.78, 5) is 13.9. The van der Waals surface area contributed by atoms with Crippen LogP contribution in [-0.4, -0.2) is 36.4 Å². The Morgan fingerprint density at radius 1 is 1.33 bits per heavy atom. The summed E-state index contributed by atoms with van der Waals surface area (Å²) in [5.74, 6) is 0.201. The number of nitrogen functional groups attached to an aromatic ring is 1. The van der Waals surface area contributed by atoms with Crippen molar-refractivity contribution < 1.29 is 9.53 Å². The average molecular weight is 389 g/mol. The summed E-state index contributed by atoms with van der Waals surface area (Å²) in [6, 6.07) is 0. The largest absolute Gasteiger partial charge is 0.397 e. The molecule has 0 aliphatic rings. The van der Waals surface area contributed by atoms with Gasteiger partial charge in [0.25, 0.3) is 5.91 Å². The summed E-state index contributed by atoms with van der Waals surface area (Å²) in [5.41, 5.74) is 9.57. The van der Waals surface area contributed by atoms with Gasteiger partial charge in [0.05, 0.1) is 11.4 Å². The molecule has 27 heavy (non-hydrogen) atoms. The quantitative estimate of drug-likeness (QED) is 0.530. The summed E-state index contributed by atoms with van der Waals surface area (Å²) in [7, 11) is 1.68. The summed E-state index contributed by atoms with van der Waals surface area (Å²) in [6.07, 6.45) is 7.06. The van der Waals surface area contributed by atoms with E-state index in [2.05, 4.69) is 41.5 Å². The molecular formula is C20H28N4O2S. The molecular weight excluding hydrogens is 360 g/mol. The van der Waals surface area contributed by atoms with Gasteiger partial charge in [-0.2, -0.15) is 5.10 Å². The highest BCUT2D eigenvalue weighted by Gasteiger charge is 2.19. The van der Waals surface area contributed by atoms with Crippen molar-refractivity contribution in [3.05, 3.63) is 39.9 Å². The number of nitrogens with zero attached hydrogens (tertiary/aromatic N) is 2. The van der Waals surface area contributed by atoms with Crippen LogP contribution in [0.15, 0.2) is 23.8 Å². The second kappa shape index (κ2) is 9.62. The molecule has 1 amide bonds. The molecule has 0 unspecified atom stereocenters. The topological polar surface area (TPSA) is 90.1 Å². The lowest BCUT2D eigenvalue weighted by Crippen LogP contribution is -2.25. The van der Waals surface area contributed by atoms with Gasteiger partial charge in [-0.05, 0) is 37.3 Å². The Kier molecular flexibility index (Phi) is 7.50. The number of ether oxygens (including phenoxy) is 1. The minimum atomic E-state index is -0.187. The van der Waals surface area contributed by atoms with Gasteiger partial charge in [-0.25, -0.2) is 0 Å². The van der Waals surface area contributed by atoms with Crippen molar-refractivity contribution in [2.75, 3.05) is 26.0 Å². The van der Waals surface area contributed by atoms with Crippen LogP contribution in [-0.2, 0) is 4.74 Å². The Hall–Kier alpha value is -2.25. The van der Waals surface area contributed by atoms with Crippen molar-refractivity contribution in [1.82, 2.24) is 15.5 Å². The van der Waals surface area contributed by atoms with Gasteiger partial charge in [-0.15, -0.1) is 16.4 Å². The van der Waals surface area contributed by atoms with E-state index in [-0.39, 0.29) is 5.91 Å². The molecule has 0 aliphatic carbocycles. The van der Waals surface area contributed by atoms with Crippen LogP contribution in [0, 0.1) is 19.8 Å². The lowest BCUT2D eigenvalue weighted by Gasteiger charge is -2.08. The third kappa shape index (κ3) is 5.37.